The number of nitrogens with zero attached hydrogens (tertiary/aromatic N) is 4. The summed E-state index contributed by atoms with van der Waals surface area (Å²) in [5.74, 6) is 0.896. The molecule has 3 heterocycles. The molecule has 334 valence electrons. The van der Waals surface area contributed by atoms with Crippen LogP contribution in [0.1, 0.15) is 79.0 Å². The molecule has 66 heavy (non-hydrogen) atoms. The van der Waals surface area contributed by atoms with E-state index in [9.17, 15) is 0 Å². The number of hydrogen-bond donors (Lipinski definition) is 0. The monoisotopic (exact) mass is 1060 g/mol. The van der Waals surface area contributed by atoms with Crippen molar-refractivity contribution < 1.29 is 21.1 Å². The van der Waals surface area contributed by atoms with Crippen molar-refractivity contribution >= 4 is 73.4 Å². The van der Waals surface area contributed by atoms with Crippen LogP contribution in [0.5, 0.6) is 0 Å². The molecule has 10 rings (SSSR count). The molecule has 2 aromatic heterocycles. The van der Waals surface area contributed by atoms with E-state index in [1.165, 1.54) is 37.6 Å². The van der Waals surface area contributed by atoms with E-state index in [1.807, 2.05) is 6.20 Å². The van der Waals surface area contributed by atoms with Gasteiger partial charge in [0, 0.05) is 49.8 Å². The maximum atomic E-state index is 5.05. The Kier molecular flexibility index (Phi) is 11.6. The van der Waals surface area contributed by atoms with E-state index in [0.717, 1.165) is 50.2 Å². The molecule has 0 amide bonds. The van der Waals surface area contributed by atoms with Gasteiger partial charge in [0.2, 0.25) is 0 Å². The third-order valence-electron chi connectivity index (χ3n) is 13.2. The second-order valence-corrected chi connectivity index (χ2v) is 24.4. The topological polar surface area (TPSA) is 24.3 Å². The van der Waals surface area contributed by atoms with Gasteiger partial charge in [-0.05, 0) is 85.6 Å². The Hall–Kier alpha value is -6.00. The molecule has 6 heteroatoms. The quantitative estimate of drug-likeness (QED) is 0.0903. The summed E-state index contributed by atoms with van der Waals surface area (Å²) in [5, 5.41) is 7.24. The molecule has 7 aromatic carbocycles. The van der Waals surface area contributed by atoms with Gasteiger partial charge in [-0.25, -0.2) is 4.98 Å². The van der Waals surface area contributed by atoms with Gasteiger partial charge >= 0.3 is 0 Å². The van der Waals surface area contributed by atoms with Gasteiger partial charge in [0.05, 0.1) is 0 Å². The van der Waals surface area contributed by atoms with Gasteiger partial charge in [-0.1, -0.05) is 171 Å². The van der Waals surface area contributed by atoms with Crippen molar-refractivity contribution in [1.29, 1.82) is 0 Å². The standard InChI is InChI=1S/C60H57N4Si.Pt/c1-58(2,3)42-21-20-22-45(35-42)62-41-63(55-30-19-18-29-54(55)62)46-36-44(60(7,8)9)37-50(39-46)65(47-23-12-10-13-24-47,48-25-14-11-15-26-48)49-31-32-52-51-27-16-17-28-53(51)64(56(52)40-49)57-38-43(33-34-61-57)59(4,5)6;/h10-38,41H,1-9H3;/q-3;. The molecule has 0 unspecified atom stereocenters. The first-order chi connectivity index (χ1) is 31.1. The normalized spacial score (nSPS) is 13.3. The number of para-hydroxylation sites is 3. The maximum absolute atomic E-state index is 5.05. The zero-order valence-electron chi connectivity index (χ0n) is 39.4. The maximum Gasteiger partial charge on any atom is 0.135 e. The minimum Gasteiger partial charge on any atom is -0.493 e. The second kappa shape index (κ2) is 17.0. The summed E-state index contributed by atoms with van der Waals surface area (Å²) in [6.45, 7) is 22.9. The third kappa shape index (κ3) is 7.84. The molecule has 0 radical (unpaired) electrons. The van der Waals surface area contributed by atoms with Crippen LogP contribution in [-0.4, -0.2) is 17.6 Å². The Labute approximate surface area is 407 Å². The minimum absolute atomic E-state index is 0. The van der Waals surface area contributed by atoms with Crippen LogP contribution in [0.2, 0.25) is 0 Å². The zero-order chi connectivity index (χ0) is 45.3. The van der Waals surface area contributed by atoms with E-state index >= 15 is 0 Å². The third-order valence-corrected chi connectivity index (χ3v) is 17.8. The summed E-state index contributed by atoms with van der Waals surface area (Å²) in [5.41, 5.74) is 10.1. The Morgan fingerprint density at radius 1 is 0.485 bits per heavy atom. The molecule has 1 aliphatic heterocycles. The van der Waals surface area contributed by atoms with Crippen LogP contribution in [0, 0.1) is 18.8 Å². The number of benzene rings is 7. The van der Waals surface area contributed by atoms with Crippen LogP contribution in [0.4, 0.5) is 22.7 Å². The molecule has 0 bridgehead atoms. The van der Waals surface area contributed by atoms with E-state index in [1.54, 1.807) is 0 Å². The Morgan fingerprint density at radius 3 is 1.73 bits per heavy atom. The molecule has 1 aliphatic rings. The number of rotatable bonds is 7. The molecule has 0 saturated heterocycles. The van der Waals surface area contributed by atoms with Gasteiger partial charge in [-0.15, -0.1) is 23.8 Å². The summed E-state index contributed by atoms with van der Waals surface area (Å²) in [6.07, 6.45) is 1.96. The van der Waals surface area contributed by atoms with E-state index in [0.29, 0.717) is 0 Å². The summed E-state index contributed by atoms with van der Waals surface area (Å²) < 4.78 is 2.33. The molecule has 0 spiro atoms. The smallest absolute Gasteiger partial charge is 0.135 e. The Bertz CT molecular complexity index is 3170. The van der Waals surface area contributed by atoms with Gasteiger partial charge in [0.15, 0.2) is 0 Å². The molecule has 0 fully saturated rings. The van der Waals surface area contributed by atoms with Gasteiger partial charge in [0.1, 0.15) is 13.9 Å². The molecule has 4 nitrogen and oxygen atoms in total. The van der Waals surface area contributed by atoms with Crippen LogP contribution >= 0.6 is 0 Å². The van der Waals surface area contributed by atoms with Crippen LogP contribution in [0.3, 0.4) is 0 Å². The summed E-state index contributed by atoms with van der Waals surface area (Å²) in [4.78, 5) is 9.74. The Morgan fingerprint density at radius 2 is 1.08 bits per heavy atom. The van der Waals surface area contributed by atoms with Crippen molar-refractivity contribution in [2.75, 3.05) is 9.80 Å². The molecule has 0 aliphatic carbocycles. The van der Waals surface area contributed by atoms with Gasteiger partial charge in [-0.3, -0.25) is 0 Å². The van der Waals surface area contributed by atoms with Crippen molar-refractivity contribution in [3.05, 3.63) is 212 Å². The van der Waals surface area contributed by atoms with Gasteiger partial charge < -0.3 is 14.4 Å². The van der Waals surface area contributed by atoms with E-state index < -0.39 is 8.07 Å². The first kappa shape index (κ1) is 45.2. The van der Waals surface area contributed by atoms with Crippen LogP contribution in [-0.2, 0) is 37.3 Å². The summed E-state index contributed by atoms with van der Waals surface area (Å²) in [6, 6.07) is 71.2. The van der Waals surface area contributed by atoms with Gasteiger partial charge in [0.25, 0.3) is 0 Å². The van der Waals surface area contributed by atoms with Crippen molar-refractivity contribution in [1.82, 2.24) is 9.55 Å². The van der Waals surface area contributed by atoms with Crippen molar-refractivity contribution in [3.8, 4) is 5.82 Å². The first-order valence-corrected chi connectivity index (χ1v) is 24.9. The van der Waals surface area contributed by atoms with Crippen LogP contribution in [0.25, 0.3) is 27.6 Å². The SMILES string of the molecule is CC(C)(C)c1cc(N2[CH-]N(c3cccc(C(C)(C)C)c3)c3ccccc32)[c-]c([Si](c2[c-]c3c(cc2)c2ccccc2n3-c2cc(C(C)(C)C)ccn2)(c2ccccc2)c2ccccc2)c1.[Pt]. The molecular formula is C60H57N4PtSi-3. The fourth-order valence-corrected chi connectivity index (χ4v) is 14.2. The average Bonchev–Trinajstić information content (AvgIpc) is 3.86. The van der Waals surface area contributed by atoms with Crippen LogP contribution in [0.15, 0.2) is 176 Å². The number of aromatic nitrogens is 2. The summed E-state index contributed by atoms with van der Waals surface area (Å²) >= 11 is 0. The molecule has 9 aromatic rings. The van der Waals surface area contributed by atoms with Crippen molar-refractivity contribution in [2.45, 2.75) is 78.6 Å². The largest absolute Gasteiger partial charge is 0.493 e. The number of fused-ring (bicyclic) bond motifs is 4. The van der Waals surface area contributed by atoms with Gasteiger partial charge in [-0.2, -0.15) is 46.3 Å². The zero-order valence-corrected chi connectivity index (χ0v) is 42.7. The predicted octanol–water partition coefficient (Wildman–Crippen LogP) is 12.5. The van der Waals surface area contributed by atoms with E-state index in [-0.39, 0.29) is 37.3 Å². The molecule has 0 saturated carbocycles. The molecule has 0 N–H and O–H groups in total. The van der Waals surface area contributed by atoms with E-state index in [4.69, 9.17) is 4.98 Å². The number of hydrogen-bond acceptors (Lipinski definition) is 3. The Balaban J connectivity index is 0.00000548. The molecule has 0 atom stereocenters. The fraction of sp³-hybridized carbons (Fsp3) is 0.200. The number of anilines is 4. The molecular weight excluding hydrogens is 1000 g/mol. The predicted molar refractivity (Wildman–Crippen MR) is 277 cm³/mol. The summed E-state index contributed by atoms with van der Waals surface area (Å²) in [7, 11) is -3.22. The van der Waals surface area contributed by atoms with Crippen LogP contribution < -0.4 is 30.5 Å². The fourth-order valence-electron chi connectivity index (χ4n) is 9.62. The second-order valence-electron chi connectivity index (χ2n) is 20.7. The van der Waals surface area contributed by atoms with Crippen molar-refractivity contribution in [3.63, 3.8) is 0 Å². The first-order valence-electron chi connectivity index (χ1n) is 22.9. The van der Waals surface area contributed by atoms with Crippen molar-refractivity contribution in [2.24, 2.45) is 0 Å². The van der Waals surface area contributed by atoms with E-state index in [2.05, 4.69) is 265 Å². The number of pyridine rings is 1. The minimum atomic E-state index is -3.22. The average molecular weight is 1060 g/mol.